The Bertz CT molecular complexity index is 5090. The lowest BCUT2D eigenvalue weighted by molar-refractivity contribution is 0.00578. The Labute approximate surface area is 541 Å². The molecule has 12 aromatic rings. The molecule has 1 fully saturated rings. The normalized spacial score (nSPS) is 13.8. The fourth-order valence-corrected chi connectivity index (χ4v) is 13.3. The highest BCUT2D eigenvalue weighted by Crippen LogP contribution is 2.46. The van der Waals surface area contributed by atoms with Gasteiger partial charge in [-0.1, -0.05) is 19.1 Å². The first kappa shape index (κ1) is 65.1. The van der Waals surface area contributed by atoms with Crippen molar-refractivity contribution in [1.82, 2.24) is 15.3 Å². The molecule has 1 aliphatic rings. The van der Waals surface area contributed by atoms with Gasteiger partial charge in [0, 0.05) is 77.5 Å². The zero-order valence-corrected chi connectivity index (χ0v) is 55.5. The molecule has 0 saturated carbocycles. The van der Waals surface area contributed by atoms with Crippen molar-refractivity contribution in [2.75, 3.05) is 42.3 Å². The number of carbonyl (C=O) groups is 2. The molecule has 7 heterocycles. The number of anilines is 2. The molecule has 6 aromatic heterocycles. The quantitative estimate of drug-likeness (QED) is 0.0645. The molecule has 1 saturated heterocycles. The number of carbonyl (C=O) groups excluding carboxylic acids is 2. The standard InChI is InChI=1S/C29H21F2N3O5S2.C25H29BFNO6S.C11H5BrFNOS/c1-32-28(35)25-18-13-17(23-11-12-24(40-23)29-33-26-19(31)5-4-6-21(26)39-29)20(34(2)41(3,36)37)14-22(18)38-27(25)15-7-9-16(30)10-8-15;1-8-20(29)22-17-13-18(26-33-24(2,3)25(4,5)34-26)19(28(6)35(7,30)31)14-21(17)32-23(22)15-9-11-16(27)12-10-15;12-9-5-4-8(16-9)11-14-10-6(13)2-1-3-7(10)15-11/h4-14H,1-3H3,(H,32,35);9-14H,8H2,1-7H3;1-5H. The third kappa shape index (κ3) is 12.7. The summed E-state index contributed by atoms with van der Waals surface area (Å²) in [7, 11) is -3.88. The van der Waals surface area contributed by atoms with Crippen LogP contribution >= 0.6 is 38.6 Å². The van der Waals surface area contributed by atoms with Gasteiger partial charge in [-0.3, -0.25) is 18.2 Å². The largest absolute Gasteiger partial charge is 0.497 e. The lowest BCUT2D eigenvalue weighted by Crippen LogP contribution is -2.41. The zero-order valence-electron chi connectivity index (χ0n) is 50.7. The molecule has 474 valence electrons. The Morgan fingerprint density at radius 1 is 0.587 bits per heavy atom. The molecule has 13 rings (SSSR count). The van der Waals surface area contributed by atoms with Gasteiger partial charge in [0.2, 0.25) is 31.8 Å². The number of amides is 1. The van der Waals surface area contributed by atoms with Crippen molar-refractivity contribution in [2.24, 2.45) is 0 Å². The van der Waals surface area contributed by atoms with Gasteiger partial charge in [-0.25, -0.2) is 44.4 Å². The molecular formula is C65H55BBrF4N5O12S4. The average molecular weight is 1390 g/mol. The molecule has 1 aliphatic heterocycles. The van der Waals surface area contributed by atoms with E-state index in [9.17, 15) is 44.0 Å². The van der Waals surface area contributed by atoms with Gasteiger partial charge >= 0.3 is 7.12 Å². The Morgan fingerprint density at radius 3 is 1.51 bits per heavy atom. The number of hydrogen-bond donors (Lipinski definition) is 1. The van der Waals surface area contributed by atoms with E-state index in [0.717, 1.165) is 29.8 Å². The summed E-state index contributed by atoms with van der Waals surface area (Å²) in [6.07, 6.45) is 2.40. The number of Topliss-reactive ketones (excluding diaryl/α,β-unsaturated/α-hetero) is 1. The van der Waals surface area contributed by atoms with Crippen LogP contribution < -0.4 is 19.4 Å². The van der Waals surface area contributed by atoms with Crippen LogP contribution in [0.3, 0.4) is 0 Å². The Hall–Kier alpha value is -8.44. The highest BCUT2D eigenvalue weighted by atomic mass is 79.9. The number of sulfonamides is 2. The number of hydrogen-bond acceptors (Lipinski definition) is 16. The number of aromatic nitrogens is 2. The number of fused-ring (bicyclic) bond motifs is 4. The SMILES string of the molecule is CCC(=O)c1c(-c2ccc(F)cc2)oc2cc(N(C)S(C)(=O)=O)c(B3OC(C)(C)C(C)(C)O3)cc12.CNC(=O)c1c(-c2ccc(F)cc2)oc2cc(N(C)S(C)(=O)=O)c(-c3ccc(-c4nc5c(F)cccc5o4)s3)cc12.Fc1cccc2oc(-c3ccc(Br)s3)nc12. The van der Waals surface area contributed by atoms with Crippen molar-refractivity contribution in [1.29, 1.82) is 0 Å². The number of furan rings is 2. The lowest BCUT2D eigenvalue weighted by atomic mass is 9.76. The number of nitrogens with zero attached hydrogens (tertiary/aromatic N) is 4. The zero-order chi connectivity index (χ0) is 66.1. The minimum absolute atomic E-state index is 0.110. The molecule has 27 heteroatoms. The number of rotatable bonds is 13. The van der Waals surface area contributed by atoms with Crippen LogP contribution in [0.15, 0.2) is 155 Å². The van der Waals surface area contributed by atoms with E-state index in [2.05, 4.69) is 31.2 Å². The molecule has 0 aliphatic carbocycles. The second kappa shape index (κ2) is 24.9. The predicted molar refractivity (Wildman–Crippen MR) is 355 cm³/mol. The van der Waals surface area contributed by atoms with Gasteiger partial charge in [0.25, 0.3) is 5.91 Å². The van der Waals surface area contributed by atoms with E-state index in [1.165, 1.54) is 111 Å². The van der Waals surface area contributed by atoms with Gasteiger partial charge in [0.15, 0.2) is 28.6 Å². The Kier molecular flexibility index (Phi) is 17.6. The topological polar surface area (TPSA) is 218 Å². The maximum Gasteiger partial charge on any atom is 0.497 e. The van der Waals surface area contributed by atoms with E-state index in [-0.39, 0.29) is 51.9 Å². The molecule has 0 atom stereocenters. The van der Waals surface area contributed by atoms with E-state index in [1.54, 1.807) is 61.5 Å². The summed E-state index contributed by atoms with van der Waals surface area (Å²) in [6, 6.07) is 34.2. The number of para-hydroxylation sites is 2. The molecule has 0 unspecified atom stereocenters. The van der Waals surface area contributed by atoms with Crippen LogP contribution in [0.2, 0.25) is 0 Å². The monoisotopic (exact) mass is 1390 g/mol. The average Bonchev–Trinajstić information content (AvgIpc) is 1.58. The third-order valence-corrected chi connectivity index (χ3v) is 20.8. The maximum atomic E-state index is 14.2. The summed E-state index contributed by atoms with van der Waals surface area (Å²) >= 11 is 6.13. The Balaban J connectivity index is 0.000000153. The molecule has 6 aromatic carbocycles. The fraction of sp³-hybridized carbons (Fsp3) is 0.200. The van der Waals surface area contributed by atoms with Gasteiger partial charge < -0.3 is 32.3 Å². The number of benzene rings is 6. The molecule has 0 spiro atoms. The van der Waals surface area contributed by atoms with Gasteiger partial charge in [-0.2, -0.15) is 0 Å². The minimum atomic E-state index is -3.70. The fourth-order valence-electron chi connectivity index (χ4n) is 10.0. The van der Waals surface area contributed by atoms with E-state index in [4.69, 9.17) is 27.0 Å². The van der Waals surface area contributed by atoms with E-state index in [0.29, 0.717) is 88.0 Å². The van der Waals surface area contributed by atoms with Crippen LogP contribution in [0.25, 0.3) is 98.8 Å². The van der Waals surface area contributed by atoms with Gasteiger partial charge in [-0.05, 0) is 153 Å². The molecule has 0 bridgehead atoms. The van der Waals surface area contributed by atoms with Crippen LogP contribution in [0.4, 0.5) is 28.9 Å². The van der Waals surface area contributed by atoms with Crippen LogP contribution in [0.1, 0.15) is 61.8 Å². The van der Waals surface area contributed by atoms with Crippen molar-refractivity contribution < 1.29 is 71.0 Å². The molecule has 92 heavy (non-hydrogen) atoms. The van der Waals surface area contributed by atoms with Gasteiger partial charge in [0.05, 0.1) is 59.8 Å². The molecule has 1 N–H and O–H groups in total. The number of halogens is 5. The van der Waals surface area contributed by atoms with Crippen LogP contribution in [0.5, 0.6) is 0 Å². The highest BCUT2D eigenvalue weighted by Gasteiger charge is 2.53. The first-order valence-electron chi connectivity index (χ1n) is 28.1. The summed E-state index contributed by atoms with van der Waals surface area (Å²) in [4.78, 5) is 36.7. The second-order valence-electron chi connectivity index (χ2n) is 22.3. The van der Waals surface area contributed by atoms with E-state index in [1.807, 2.05) is 39.8 Å². The smallest absolute Gasteiger partial charge is 0.455 e. The van der Waals surface area contributed by atoms with Crippen LogP contribution in [-0.4, -0.2) is 90.5 Å². The van der Waals surface area contributed by atoms with Crippen LogP contribution in [0, 0.1) is 23.3 Å². The summed E-state index contributed by atoms with van der Waals surface area (Å²) < 4.78 is 144. The first-order valence-corrected chi connectivity index (χ1v) is 34.3. The number of nitrogens with one attached hydrogen (secondary N) is 1. The highest BCUT2D eigenvalue weighted by molar-refractivity contribution is 9.11. The summed E-state index contributed by atoms with van der Waals surface area (Å²) in [5, 5.41) is 3.56. The van der Waals surface area contributed by atoms with Crippen LogP contribution in [-0.2, 0) is 29.4 Å². The lowest BCUT2D eigenvalue weighted by Gasteiger charge is -2.32. The maximum absolute atomic E-state index is 14.2. The molecule has 1 amide bonds. The molecular weight excluding hydrogens is 1340 g/mol. The summed E-state index contributed by atoms with van der Waals surface area (Å²) in [5.74, 6) is -1.13. The van der Waals surface area contributed by atoms with E-state index >= 15 is 0 Å². The summed E-state index contributed by atoms with van der Waals surface area (Å²) in [6.45, 7) is 9.37. The first-order chi connectivity index (χ1) is 43.4. The Morgan fingerprint density at radius 2 is 1.04 bits per heavy atom. The summed E-state index contributed by atoms with van der Waals surface area (Å²) in [5.41, 5.74) is 3.59. The number of oxazole rings is 2. The predicted octanol–water partition coefficient (Wildman–Crippen LogP) is 15.7. The van der Waals surface area contributed by atoms with Crippen molar-refractivity contribution >= 4 is 138 Å². The van der Waals surface area contributed by atoms with Crippen molar-refractivity contribution in [3.8, 4) is 54.6 Å². The third-order valence-electron chi connectivity index (χ3n) is 15.7. The number of ketones is 1. The van der Waals surface area contributed by atoms with Crippen molar-refractivity contribution in [3.05, 3.63) is 172 Å². The van der Waals surface area contributed by atoms with Gasteiger partial charge in [0.1, 0.15) is 45.4 Å². The van der Waals surface area contributed by atoms with Crippen molar-refractivity contribution in [2.45, 2.75) is 52.2 Å². The number of thiophene rings is 2. The second-order valence-corrected chi connectivity index (χ2v) is 29.9. The van der Waals surface area contributed by atoms with E-state index < -0.39 is 61.7 Å². The minimum Gasteiger partial charge on any atom is -0.455 e. The van der Waals surface area contributed by atoms with Gasteiger partial charge in [-0.15, -0.1) is 22.7 Å². The van der Waals surface area contributed by atoms with Crippen molar-refractivity contribution in [3.63, 3.8) is 0 Å². The molecule has 0 radical (unpaired) electrons. The molecule has 17 nitrogen and oxygen atoms in total.